The van der Waals surface area contributed by atoms with Crippen LogP contribution >= 0.6 is 15.9 Å². The quantitative estimate of drug-likeness (QED) is 0.858. The fraction of sp³-hybridized carbons (Fsp3) is 0.471. The van der Waals surface area contributed by atoms with Crippen molar-refractivity contribution < 1.29 is 0 Å². The molecule has 0 saturated carbocycles. The second kappa shape index (κ2) is 6.75. The Morgan fingerprint density at radius 1 is 1.29 bits per heavy atom. The minimum atomic E-state index is 0.148. The van der Waals surface area contributed by atoms with Crippen LogP contribution in [0.25, 0.3) is 0 Å². The molecule has 1 unspecified atom stereocenters. The van der Waals surface area contributed by atoms with Crippen LogP contribution in [-0.2, 0) is 0 Å². The van der Waals surface area contributed by atoms with E-state index in [0.29, 0.717) is 6.04 Å². The van der Waals surface area contributed by atoms with Crippen LogP contribution in [0.2, 0.25) is 0 Å². The van der Waals surface area contributed by atoms with Crippen molar-refractivity contribution in [3.8, 4) is 0 Å². The third-order valence-corrected chi connectivity index (χ3v) is 4.31. The lowest BCUT2D eigenvalue weighted by Crippen LogP contribution is -2.26. The summed E-state index contributed by atoms with van der Waals surface area (Å²) >= 11 is 3.67. The zero-order valence-electron chi connectivity index (χ0n) is 13.4. The zero-order chi connectivity index (χ0) is 15.6. The van der Waals surface area contributed by atoms with Gasteiger partial charge >= 0.3 is 0 Å². The van der Waals surface area contributed by atoms with Crippen molar-refractivity contribution in [2.24, 2.45) is 0 Å². The number of aromatic nitrogens is 2. The van der Waals surface area contributed by atoms with Crippen LogP contribution in [-0.4, -0.2) is 16.3 Å². The Hall–Kier alpha value is -1.13. The maximum atomic E-state index is 4.52. The summed E-state index contributed by atoms with van der Waals surface area (Å²) < 4.78 is 3.15. The van der Waals surface area contributed by atoms with Crippen LogP contribution in [0.1, 0.15) is 55.2 Å². The average Bonchev–Trinajstić information content (AvgIpc) is 2.79. The van der Waals surface area contributed by atoms with Crippen molar-refractivity contribution in [2.75, 3.05) is 6.54 Å². The van der Waals surface area contributed by atoms with Crippen molar-refractivity contribution >= 4 is 15.9 Å². The van der Waals surface area contributed by atoms with Gasteiger partial charge in [0.15, 0.2) is 0 Å². The molecule has 0 bridgehead atoms. The molecule has 1 N–H and O–H groups in total. The number of rotatable bonds is 5. The lowest BCUT2D eigenvalue weighted by Gasteiger charge is -2.24. The Morgan fingerprint density at radius 2 is 2.00 bits per heavy atom. The van der Waals surface area contributed by atoms with E-state index in [2.05, 4.69) is 83.8 Å². The SMILES string of the molecule is CCNC(c1ccc(C)cc1C)c1c(Br)cnn1C(C)C. The van der Waals surface area contributed by atoms with Gasteiger partial charge in [-0.2, -0.15) is 5.10 Å². The van der Waals surface area contributed by atoms with E-state index in [0.717, 1.165) is 11.0 Å². The third-order valence-electron chi connectivity index (χ3n) is 3.69. The van der Waals surface area contributed by atoms with Gasteiger partial charge in [-0.3, -0.25) is 4.68 Å². The summed E-state index contributed by atoms with van der Waals surface area (Å²) in [5.41, 5.74) is 5.11. The highest BCUT2D eigenvalue weighted by atomic mass is 79.9. The van der Waals surface area contributed by atoms with Gasteiger partial charge in [0.1, 0.15) is 0 Å². The largest absolute Gasteiger partial charge is 0.305 e. The lowest BCUT2D eigenvalue weighted by atomic mass is 9.96. The number of halogens is 1. The van der Waals surface area contributed by atoms with Gasteiger partial charge in [0.2, 0.25) is 0 Å². The fourth-order valence-corrected chi connectivity index (χ4v) is 3.24. The molecule has 2 aromatic rings. The molecule has 0 amide bonds. The predicted molar refractivity (Wildman–Crippen MR) is 91.7 cm³/mol. The molecule has 3 nitrogen and oxygen atoms in total. The Balaban J connectivity index is 2.56. The first kappa shape index (κ1) is 16.2. The fourth-order valence-electron chi connectivity index (χ4n) is 2.74. The van der Waals surface area contributed by atoms with Gasteiger partial charge in [-0.25, -0.2) is 0 Å². The molecule has 0 saturated heterocycles. The number of nitrogens with zero attached hydrogens (tertiary/aromatic N) is 2. The van der Waals surface area contributed by atoms with Crippen LogP contribution < -0.4 is 5.32 Å². The van der Waals surface area contributed by atoms with Crippen molar-refractivity contribution in [3.05, 3.63) is 51.3 Å². The first-order valence-corrected chi connectivity index (χ1v) is 8.28. The van der Waals surface area contributed by atoms with Crippen molar-refractivity contribution in [1.29, 1.82) is 0 Å². The minimum Gasteiger partial charge on any atom is -0.305 e. The molecule has 0 aliphatic carbocycles. The molecular formula is C17H24BrN3. The van der Waals surface area contributed by atoms with Crippen LogP contribution in [0.5, 0.6) is 0 Å². The minimum absolute atomic E-state index is 0.148. The maximum Gasteiger partial charge on any atom is 0.0762 e. The van der Waals surface area contributed by atoms with E-state index in [4.69, 9.17) is 0 Å². The Morgan fingerprint density at radius 3 is 2.57 bits per heavy atom. The van der Waals surface area contributed by atoms with Gasteiger partial charge in [-0.1, -0.05) is 30.7 Å². The molecule has 0 aliphatic heterocycles. The molecule has 1 aromatic heterocycles. The van der Waals surface area contributed by atoms with Crippen LogP contribution in [0, 0.1) is 13.8 Å². The highest BCUT2D eigenvalue weighted by Crippen LogP contribution is 2.32. The highest BCUT2D eigenvalue weighted by molar-refractivity contribution is 9.10. The molecule has 0 spiro atoms. The van der Waals surface area contributed by atoms with E-state index < -0.39 is 0 Å². The first-order valence-electron chi connectivity index (χ1n) is 7.49. The molecule has 0 radical (unpaired) electrons. The third kappa shape index (κ3) is 3.38. The lowest BCUT2D eigenvalue weighted by molar-refractivity contribution is 0.474. The summed E-state index contributed by atoms with van der Waals surface area (Å²) in [5.74, 6) is 0. The highest BCUT2D eigenvalue weighted by Gasteiger charge is 2.23. The van der Waals surface area contributed by atoms with Gasteiger partial charge in [0, 0.05) is 6.04 Å². The molecule has 2 rings (SSSR count). The molecule has 4 heteroatoms. The Kier molecular flexibility index (Phi) is 5.22. The summed E-state index contributed by atoms with van der Waals surface area (Å²) in [5, 5.41) is 8.13. The van der Waals surface area contributed by atoms with Crippen LogP contribution in [0.3, 0.4) is 0 Å². The molecule has 0 aliphatic rings. The van der Waals surface area contributed by atoms with E-state index in [9.17, 15) is 0 Å². The molecule has 114 valence electrons. The Bertz CT molecular complexity index is 616. The van der Waals surface area contributed by atoms with E-state index >= 15 is 0 Å². The maximum absolute atomic E-state index is 4.52. The molecule has 1 heterocycles. The van der Waals surface area contributed by atoms with E-state index in [-0.39, 0.29) is 6.04 Å². The topological polar surface area (TPSA) is 29.9 Å². The number of benzene rings is 1. The first-order chi connectivity index (χ1) is 9.95. The molecule has 1 atom stereocenters. The van der Waals surface area contributed by atoms with Crippen molar-refractivity contribution in [1.82, 2.24) is 15.1 Å². The summed E-state index contributed by atoms with van der Waals surface area (Å²) in [7, 11) is 0. The van der Waals surface area contributed by atoms with Crippen molar-refractivity contribution in [2.45, 2.75) is 46.7 Å². The summed E-state index contributed by atoms with van der Waals surface area (Å²) in [6, 6.07) is 7.12. The molecule has 1 aromatic carbocycles. The second-order valence-electron chi connectivity index (χ2n) is 5.77. The molecule has 21 heavy (non-hydrogen) atoms. The second-order valence-corrected chi connectivity index (χ2v) is 6.62. The molecular weight excluding hydrogens is 326 g/mol. The van der Waals surface area contributed by atoms with Gasteiger partial charge in [-0.05, 0) is 61.3 Å². The van der Waals surface area contributed by atoms with E-state index in [1.807, 2.05) is 6.20 Å². The normalized spacial score (nSPS) is 12.9. The standard InChI is InChI=1S/C17H24BrN3/c1-6-19-16(14-8-7-12(4)9-13(14)5)17-15(18)10-20-21(17)11(2)3/h7-11,16,19H,6H2,1-5H3. The number of hydrogen-bond acceptors (Lipinski definition) is 2. The average molecular weight is 350 g/mol. The predicted octanol–water partition coefficient (Wildman–Crippen LogP) is 4.54. The van der Waals surface area contributed by atoms with Crippen LogP contribution in [0.4, 0.5) is 0 Å². The van der Waals surface area contributed by atoms with Crippen molar-refractivity contribution in [3.63, 3.8) is 0 Å². The smallest absolute Gasteiger partial charge is 0.0762 e. The van der Waals surface area contributed by atoms with Gasteiger partial charge < -0.3 is 5.32 Å². The Labute approximate surface area is 135 Å². The zero-order valence-corrected chi connectivity index (χ0v) is 15.0. The van der Waals surface area contributed by atoms with E-state index in [1.165, 1.54) is 22.4 Å². The van der Waals surface area contributed by atoms with Gasteiger partial charge in [-0.15, -0.1) is 0 Å². The summed E-state index contributed by atoms with van der Waals surface area (Å²) in [6.45, 7) is 11.7. The van der Waals surface area contributed by atoms with Gasteiger partial charge in [0.05, 0.1) is 22.4 Å². The number of hydrogen-bond donors (Lipinski definition) is 1. The summed E-state index contributed by atoms with van der Waals surface area (Å²) in [4.78, 5) is 0. The summed E-state index contributed by atoms with van der Waals surface area (Å²) in [6.07, 6.45) is 1.89. The number of aryl methyl sites for hydroxylation is 2. The van der Waals surface area contributed by atoms with E-state index in [1.54, 1.807) is 0 Å². The number of nitrogens with one attached hydrogen (secondary N) is 1. The van der Waals surface area contributed by atoms with Crippen LogP contribution in [0.15, 0.2) is 28.9 Å². The monoisotopic (exact) mass is 349 g/mol. The van der Waals surface area contributed by atoms with Gasteiger partial charge in [0.25, 0.3) is 0 Å². The molecule has 0 fully saturated rings.